The second-order valence-electron chi connectivity index (χ2n) is 13.2. The molecule has 234 valence electrons. The third-order valence-corrected chi connectivity index (χ3v) is 10.0. The fraction of sp³-hybridized carbons (Fsp3) is 0.467. The fourth-order valence-electron chi connectivity index (χ4n) is 5.86. The van der Waals surface area contributed by atoms with Gasteiger partial charge in [0, 0.05) is 75.4 Å². The zero-order valence-electron chi connectivity index (χ0n) is 25.2. The van der Waals surface area contributed by atoms with Gasteiger partial charge in [-0.1, -0.05) is 19.6 Å². The van der Waals surface area contributed by atoms with Crippen molar-refractivity contribution in [2.45, 2.75) is 51.7 Å². The molecule has 0 unspecified atom stereocenters. The Bertz CT molecular complexity index is 1620. The SMILES string of the molecule is Cn1nc(-c2ccc(N3CC4(CC(C(F)F)C4)C3)nc2)nc1Nc1ccc(-c2cn(COCC[Si](C)(C)C)nc2F)c(F)c1. The van der Waals surface area contributed by atoms with Gasteiger partial charge in [-0.2, -0.15) is 9.37 Å². The zero-order chi connectivity index (χ0) is 31.2. The minimum absolute atomic E-state index is 0.0140. The maximum absolute atomic E-state index is 15.1. The highest BCUT2D eigenvalue weighted by molar-refractivity contribution is 6.76. The van der Waals surface area contributed by atoms with Gasteiger partial charge in [-0.3, -0.25) is 0 Å². The molecule has 1 aromatic carbocycles. The highest BCUT2D eigenvalue weighted by Gasteiger charge is 2.55. The molecule has 1 N–H and O–H groups in total. The zero-order valence-corrected chi connectivity index (χ0v) is 26.2. The summed E-state index contributed by atoms with van der Waals surface area (Å²) in [6.07, 6.45) is 2.05. The Labute approximate surface area is 254 Å². The molecule has 2 aliphatic rings. The second-order valence-corrected chi connectivity index (χ2v) is 18.8. The number of benzene rings is 1. The molecule has 4 heterocycles. The second kappa shape index (κ2) is 11.6. The monoisotopic (exact) mass is 628 g/mol. The van der Waals surface area contributed by atoms with Gasteiger partial charge in [0.15, 0.2) is 5.82 Å². The Morgan fingerprint density at radius 2 is 1.84 bits per heavy atom. The third kappa shape index (κ3) is 6.36. The van der Waals surface area contributed by atoms with Crippen LogP contribution in [0.25, 0.3) is 22.5 Å². The van der Waals surface area contributed by atoms with Crippen molar-refractivity contribution < 1.29 is 22.3 Å². The van der Waals surface area contributed by atoms with E-state index in [0.29, 0.717) is 42.5 Å². The molecule has 0 bridgehead atoms. The van der Waals surface area contributed by atoms with Crippen LogP contribution in [0.1, 0.15) is 12.8 Å². The molecule has 1 saturated carbocycles. The number of nitrogens with one attached hydrogen (secondary N) is 1. The van der Waals surface area contributed by atoms with Crippen molar-refractivity contribution in [2.75, 3.05) is 29.9 Å². The van der Waals surface area contributed by atoms with Crippen LogP contribution in [-0.2, 0) is 18.5 Å². The summed E-state index contributed by atoms with van der Waals surface area (Å²) in [6.45, 7) is 8.91. The topological polar surface area (TPSA) is 85.9 Å². The predicted octanol–water partition coefficient (Wildman–Crippen LogP) is 6.56. The minimum atomic E-state index is -2.23. The Morgan fingerprint density at radius 3 is 2.50 bits per heavy atom. The Hall–Kier alpha value is -3.78. The number of hydrogen-bond acceptors (Lipinski definition) is 7. The van der Waals surface area contributed by atoms with Crippen LogP contribution in [0.2, 0.25) is 25.7 Å². The average Bonchev–Trinajstić information content (AvgIpc) is 3.46. The van der Waals surface area contributed by atoms with E-state index in [2.05, 4.69) is 50.0 Å². The summed E-state index contributed by atoms with van der Waals surface area (Å²) >= 11 is 0. The third-order valence-electron chi connectivity index (χ3n) is 8.34. The van der Waals surface area contributed by atoms with Crippen molar-refractivity contribution in [3.63, 3.8) is 0 Å². The molecule has 9 nitrogen and oxygen atoms in total. The molecule has 4 aromatic rings. The summed E-state index contributed by atoms with van der Waals surface area (Å²) in [5, 5.41) is 11.4. The van der Waals surface area contributed by atoms with E-state index in [9.17, 15) is 13.2 Å². The molecular weight excluding hydrogens is 592 g/mol. The van der Waals surface area contributed by atoms with E-state index in [1.54, 1.807) is 19.3 Å². The maximum Gasteiger partial charge on any atom is 0.241 e. The first kappa shape index (κ1) is 30.3. The van der Waals surface area contributed by atoms with Crippen molar-refractivity contribution in [1.82, 2.24) is 29.5 Å². The van der Waals surface area contributed by atoms with Crippen LogP contribution in [0.3, 0.4) is 0 Å². The average molecular weight is 629 g/mol. The molecule has 14 heteroatoms. The smallest absolute Gasteiger partial charge is 0.241 e. The number of ether oxygens (including phenoxy) is 1. The molecule has 2 fully saturated rings. The van der Waals surface area contributed by atoms with E-state index in [4.69, 9.17) is 4.74 Å². The lowest BCUT2D eigenvalue weighted by molar-refractivity contribution is -0.0658. The number of pyridine rings is 1. The van der Waals surface area contributed by atoms with Crippen LogP contribution in [0.4, 0.5) is 35.0 Å². The lowest BCUT2D eigenvalue weighted by Gasteiger charge is -2.59. The largest absolute Gasteiger partial charge is 0.360 e. The maximum atomic E-state index is 15.1. The van der Waals surface area contributed by atoms with Crippen molar-refractivity contribution in [1.29, 1.82) is 0 Å². The molecule has 1 aliphatic carbocycles. The van der Waals surface area contributed by atoms with Crippen molar-refractivity contribution in [2.24, 2.45) is 18.4 Å². The number of rotatable bonds is 11. The summed E-state index contributed by atoms with van der Waals surface area (Å²) in [7, 11) is 0.471. The molecule has 1 saturated heterocycles. The minimum Gasteiger partial charge on any atom is -0.360 e. The highest BCUT2D eigenvalue weighted by Crippen LogP contribution is 2.54. The number of halogens is 4. The van der Waals surface area contributed by atoms with E-state index < -0.39 is 32.2 Å². The molecule has 1 spiro atoms. The molecule has 3 aromatic heterocycles. The molecule has 0 radical (unpaired) electrons. The first-order valence-corrected chi connectivity index (χ1v) is 18.4. The normalized spacial score (nSPS) is 16.4. The summed E-state index contributed by atoms with van der Waals surface area (Å²) in [6, 6.07) is 9.13. The van der Waals surface area contributed by atoms with Gasteiger partial charge in [0.25, 0.3) is 0 Å². The van der Waals surface area contributed by atoms with E-state index in [0.717, 1.165) is 25.0 Å². The van der Waals surface area contributed by atoms with Gasteiger partial charge >= 0.3 is 0 Å². The van der Waals surface area contributed by atoms with Crippen LogP contribution >= 0.6 is 0 Å². The summed E-state index contributed by atoms with van der Waals surface area (Å²) in [5.74, 6) is -0.243. The summed E-state index contributed by atoms with van der Waals surface area (Å²) in [4.78, 5) is 11.2. The number of alkyl halides is 2. The molecule has 44 heavy (non-hydrogen) atoms. The van der Waals surface area contributed by atoms with Crippen molar-refractivity contribution in [3.8, 4) is 22.5 Å². The number of anilines is 3. The van der Waals surface area contributed by atoms with Crippen LogP contribution in [0.15, 0.2) is 42.7 Å². The van der Waals surface area contributed by atoms with Crippen LogP contribution in [-0.4, -0.2) is 63.7 Å². The highest BCUT2D eigenvalue weighted by atomic mass is 28.3. The Balaban J connectivity index is 1.07. The van der Waals surface area contributed by atoms with Gasteiger partial charge in [0.1, 0.15) is 18.4 Å². The van der Waals surface area contributed by atoms with Crippen LogP contribution < -0.4 is 10.2 Å². The Morgan fingerprint density at radius 1 is 1.07 bits per heavy atom. The number of aryl methyl sites for hydroxylation is 1. The van der Waals surface area contributed by atoms with Gasteiger partial charge in [0.2, 0.25) is 18.3 Å². The van der Waals surface area contributed by atoms with E-state index >= 15 is 4.39 Å². The van der Waals surface area contributed by atoms with Crippen molar-refractivity contribution >= 4 is 25.5 Å². The van der Waals surface area contributed by atoms with E-state index in [1.807, 2.05) is 12.1 Å². The molecular formula is C30H36F4N8OSi. The van der Waals surface area contributed by atoms with E-state index in [-0.39, 0.29) is 23.3 Å². The number of nitrogens with zero attached hydrogens (tertiary/aromatic N) is 7. The number of aromatic nitrogens is 6. The van der Waals surface area contributed by atoms with Gasteiger partial charge in [-0.15, -0.1) is 10.2 Å². The van der Waals surface area contributed by atoms with Crippen LogP contribution in [0, 0.1) is 23.1 Å². The molecule has 1 aliphatic heterocycles. The lowest BCUT2D eigenvalue weighted by atomic mass is 9.58. The standard InChI is InChI=1S/C30H36F4N8OSi/c1-40-29(37-28(39-40)19-5-8-25(35-14-19)41-16-30(17-41)12-20(13-30)26(32)33)36-21-6-7-22(24(31)11-21)23-15-42(38-27(23)34)18-43-9-10-44(2,3)4/h5-8,11,14-15,20,26H,9-10,12-13,16-18H2,1-4H3,(H,36,37,39). The van der Waals surface area contributed by atoms with Gasteiger partial charge in [-0.25, -0.2) is 27.5 Å². The number of hydrogen-bond donors (Lipinski definition) is 1. The van der Waals surface area contributed by atoms with Gasteiger partial charge < -0.3 is 15.0 Å². The first-order chi connectivity index (χ1) is 20.9. The molecule has 0 amide bonds. The van der Waals surface area contributed by atoms with Crippen molar-refractivity contribution in [3.05, 3.63) is 54.5 Å². The van der Waals surface area contributed by atoms with Gasteiger partial charge in [0.05, 0.1) is 5.56 Å². The summed E-state index contributed by atoms with van der Waals surface area (Å²) < 4.78 is 64.0. The van der Waals surface area contributed by atoms with E-state index in [1.165, 1.54) is 27.7 Å². The lowest BCUT2D eigenvalue weighted by Crippen LogP contribution is -2.63. The Kier molecular flexibility index (Phi) is 7.99. The predicted molar refractivity (Wildman–Crippen MR) is 163 cm³/mol. The molecule has 0 atom stereocenters. The quantitative estimate of drug-likeness (QED) is 0.114. The van der Waals surface area contributed by atoms with Gasteiger partial charge in [-0.05, 0) is 49.2 Å². The van der Waals surface area contributed by atoms with Crippen LogP contribution in [0.5, 0.6) is 0 Å². The molecule has 6 rings (SSSR count). The first-order valence-electron chi connectivity index (χ1n) is 14.7. The fourth-order valence-corrected chi connectivity index (χ4v) is 6.61. The summed E-state index contributed by atoms with van der Waals surface area (Å²) in [5.41, 5.74) is 1.28.